The fourth-order valence-corrected chi connectivity index (χ4v) is 3.11. The predicted molar refractivity (Wildman–Crippen MR) is 115 cm³/mol. The molecule has 1 aromatic heterocycles. The number of benzene rings is 2. The number of carbonyl (C=O) groups is 1. The fraction of sp³-hybridized carbons (Fsp3) is 0.333. The molecule has 0 fully saturated rings. The maximum atomic E-state index is 12.3. The number of nitrogens with one attached hydrogen (secondary N) is 1. The minimum atomic E-state index is 0.0399. The van der Waals surface area contributed by atoms with Crippen LogP contribution in [0, 0.1) is 6.92 Å². The van der Waals surface area contributed by atoms with Crippen LogP contribution in [0.3, 0.4) is 0 Å². The van der Waals surface area contributed by atoms with E-state index in [0.717, 1.165) is 24.5 Å². The summed E-state index contributed by atoms with van der Waals surface area (Å²) in [5.41, 5.74) is 4.66. The highest BCUT2D eigenvalue weighted by Gasteiger charge is 2.13. The van der Waals surface area contributed by atoms with Crippen molar-refractivity contribution in [3.05, 3.63) is 83.4 Å². The van der Waals surface area contributed by atoms with Crippen molar-refractivity contribution in [2.45, 2.75) is 52.5 Å². The zero-order chi connectivity index (χ0) is 20.1. The summed E-state index contributed by atoms with van der Waals surface area (Å²) in [5, 5.41) is 2.99. The Morgan fingerprint density at radius 2 is 1.64 bits per heavy atom. The van der Waals surface area contributed by atoms with Crippen molar-refractivity contribution in [2.24, 2.45) is 0 Å². The number of aryl methyl sites for hydroxylation is 2. The van der Waals surface area contributed by atoms with Crippen molar-refractivity contribution >= 4 is 11.6 Å². The van der Waals surface area contributed by atoms with Gasteiger partial charge in [0.05, 0.1) is 0 Å². The standard InChI is InChI=1S/C24H29N3O/c1-18-25-15-16-27(18)17-20-7-12-22(13-8-20)26-23(28)14-9-19-5-10-21(11-6-19)24(2,3)4/h5-8,10-13,15-16H,9,14,17H2,1-4H3,(H,26,28). The first kappa shape index (κ1) is 19.9. The average molecular weight is 376 g/mol. The fourth-order valence-electron chi connectivity index (χ4n) is 3.11. The highest BCUT2D eigenvalue weighted by molar-refractivity contribution is 5.90. The van der Waals surface area contributed by atoms with E-state index in [1.807, 2.05) is 37.4 Å². The molecule has 3 rings (SSSR count). The van der Waals surface area contributed by atoms with E-state index < -0.39 is 0 Å². The molecule has 28 heavy (non-hydrogen) atoms. The summed E-state index contributed by atoms with van der Waals surface area (Å²) in [4.78, 5) is 16.5. The molecule has 0 aliphatic rings. The quantitative estimate of drug-likeness (QED) is 0.651. The molecule has 1 N–H and O–H groups in total. The topological polar surface area (TPSA) is 46.9 Å². The molecule has 0 saturated carbocycles. The smallest absolute Gasteiger partial charge is 0.224 e. The number of nitrogens with zero attached hydrogens (tertiary/aromatic N) is 2. The molecular formula is C24H29N3O. The molecule has 0 spiro atoms. The molecule has 4 heteroatoms. The molecule has 1 amide bonds. The van der Waals surface area contributed by atoms with E-state index >= 15 is 0 Å². The third-order valence-electron chi connectivity index (χ3n) is 4.97. The summed E-state index contributed by atoms with van der Waals surface area (Å²) < 4.78 is 2.10. The van der Waals surface area contributed by atoms with Gasteiger partial charge in [0, 0.05) is 31.0 Å². The highest BCUT2D eigenvalue weighted by Crippen LogP contribution is 2.22. The lowest BCUT2D eigenvalue weighted by atomic mass is 9.86. The second-order valence-corrected chi connectivity index (χ2v) is 8.29. The van der Waals surface area contributed by atoms with Crippen LogP contribution in [0.25, 0.3) is 0 Å². The zero-order valence-corrected chi connectivity index (χ0v) is 17.2. The van der Waals surface area contributed by atoms with Crippen LogP contribution in [0.15, 0.2) is 60.9 Å². The van der Waals surface area contributed by atoms with Gasteiger partial charge < -0.3 is 9.88 Å². The lowest BCUT2D eigenvalue weighted by Gasteiger charge is -2.19. The lowest BCUT2D eigenvalue weighted by Crippen LogP contribution is -2.13. The second-order valence-electron chi connectivity index (χ2n) is 8.29. The number of amides is 1. The molecule has 146 valence electrons. The summed E-state index contributed by atoms with van der Waals surface area (Å²) in [6, 6.07) is 16.6. The van der Waals surface area contributed by atoms with Crippen molar-refractivity contribution in [1.82, 2.24) is 9.55 Å². The molecule has 0 saturated heterocycles. The number of imidazole rings is 1. The van der Waals surface area contributed by atoms with Crippen LogP contribution < -0.4 is 5.32 Å². The van der Waals surface area contributed by atoms with Gasteiger partial charge in [-0.1, -0.05) is 57.2 Å². The summed E-state index contributed by atoms with van der Waals surface area (Å²) in [6.45, 7) is 9.39. The van der Waals surface area contributed by atoms with Crippen LogP contribution >= 0.6 is 0 Å². The SMILES string of the molecule is Cc1nccn1Cc1ccc(NC(=O)CCc2ccc(C(C)(C)C)cc2)cc1. The summed E-state index contributed by atoms with van der Waals surface area (Å²) in [7, 11) is 0. The number of hydrogen-bond donors (Lipinski definition) is 1. The first-order chi connectivity index (χ1) is 13.3. The van der Waals surface area contributed by atoms with E-state index in [4.69, 9.17) is 0 Å². The summed E-state index contributed by atoms with van der Waals surface area (Å²) in [5.74, 6) is 1.03. The molecule has 0 unspecified atom stereocenters. The third-order valence-corrected chi connectivity index (χ3v) is 4.97. The second kappa shape index (κ2) is 8.42. The van der Waals surface area contributed by atoms with Crippen molar-refractivity contribution in [3.63, 3.8) is 0 Å². The Balaban J connectivity index is 1.50. The minimum absolute atomic E-state index is 0.0399. The molecule has 1 heterocycles. The Labute approximate surface area is 167 Å². The monoisotopic (exact) mass is 375 g/mol. The molecular weight excluding hydrogens is 346 g/mol. The number of rotatable bonds is 6. The van der Waals surface area contributed by atoms with Crippen LogP contribution in [0.5, 0.6) is 0 Å². The van der Waals surface area contributed by atoms with E-state index in [2.05, 4.69) is 59.9 Å². The van der Waals surface area contributed by atoms with E-state index in [-0.39, 0.29) is 11.3 Å². The van der Waals surface area contributed by atoms with Crippen molar-refractivity contribution in [2.75, 3.05) is 5.32 Å². The summed E-state index contributed by atoms with van der Waals surface area (Å²) in [6.07, 6.45) is 5.00. The molecule has 2 aromatic carbocycles. The van der Waals surface area contributed by atoms with Gasteiger partial charge >= 0.3 is 0 Å². The largest absolute Gasteiger partial charge is 0.331 e. The number of aromatic nitrogens is 2. The number of hydrogen-bond acceptors (Lipinski definition) is 2. The van der Waals surface area contributed by atoms with E-state index in [0.29, 0.717) is 6.42 Å². The molecule has 0 atom stereocenters. The maximum Gasteiger partial charge on any atom is 0.224 e. The zero-order valence-electron chi connectivity index (χ0n) is 17.2. The highest BCUT2D eigenvalue weighted by atomic mass is 16.1. The van der Waals surface area contributed by atoms with Crippen molar-refractivity contribution < 1.29 is 4.79 Å². The van der Waals surface area contributed by atoms with Crippen LogP contribution in [0.1, 0.15) is 49.7 Å². The molecule has 0 bridgehead atoms. The van der Waals surface area contributed by atoms with Gasteiger partial charge in [-0.2, -0.15) is 0 Å². The van der Waals surface area contributed by atoms with Crippen LogP contribution in [0.2, 0.25) is 0 Å². The maximum absolute atomic E-state index is 12.3. The molecule has 3 aromatic rings. The van der Waals surface area contributed by atoms with Crippen molar-refractivity contribution in [3.8, 4) is 0 Å². The Kier molecular flexibility index (Phi) is 5.98. The van der Waals surface area contributed by atoms with Gasteiger partial charge in [-0.3, -0.25) is 4.79 Å². The van der Waals surface area contributed by atoms with Gasteiger partial charge in [0.2, 0.25) is 5.91 Å². The first-order valence-corrected chi connectivity index (χ1v) is 9.77. The molecule has 0 aliphatic heterocycles. The average Bonchev–Trinajstić information content (AvgIpc) is 3.06. The van der Waals surface area contributed by atoms with Gasteiger partial charge in [0.1, 0.15) is 5.82 Å². The van der Waals surface area contributed by atoms with Crippen LogP contribution in [-0.4, -0.2) is 15.5 Å². The Bertz CT molecular complexity index is 916. The van der Waals surface area contributed by atoms with Crippen LogP contribution in [-0.2, 0) is 23.2 Å². The van der Waals surface area contributed by atoms with E-state index in [1.165, 1.54) is 16.7 Å². The van der Waals surface area contributed by atoms with Gasteiger partial charge in [0.15, 0.2) is 0 Å². The van der Waals surface area contributed by atoms with E-state index in [9.17, 15) is 4.79 Å². The van der Waals surface area contributed by atoms with Gasteiger partial charge in [-0.15, -0.1) is 0 Å². The molecule has 0 radical (unpaired) electrons. The van der Waals surface area contributed by atoms with Gasteiger partial charge in [-0.05, 0) is 47.6 Å². The molecule has 4 nitrogen and oxygen atoms in total. The Hall–Kier alpha value is -2.88. The number of anilines is 1. The normalized spacial score (nSPS) is 11.4. The van der Waals surface area contributed by atoms with Gasteiger partial charge in [0.25, 0.3) is 0 Å². The van der Waals surface area contributed by atoms with Crippen molar-refractivity contribution in [1.29, 1.82) is 0 Å². The Morgan fingerprint density at radius 3 is 2.21 bits per heavy atom. The first-order valence-electron chi connectivity index (χ1n) is 9.77. The Morgan fingerprint density at radius 1 is 1.00 bits per heavy atom. The number of carbonyl (C=O) groups excluding carboxylic acids is 1. The molecule has 0 aliphatic carbocycles. The lowest BCUT2D eigenvalue weighted by molar-refractivity contribution is -0.116. The van der Waals surface area contributed by atoms with E-state index in [1.54, 1.807) is 6.20 Å². The van der Waals surface area contributed by atoms with Crippen LogP contribution in [0.4, 0.5) is 5.69 Å². The summed E-state index contributed by atoms with van der Waals surface area (Å²) >= 11 is 0. The predicted octanol–water partition coefficient (Wildman–Crippen LogP) is 5.11. The van der Waals surface area contributed by atoms with Gasteiger partial charge in [-0.25, -0.2) is 4.98 Å². The minimum Gasteiger partial charge on any atom is -0.331 e. The third kappa shape index (κ3) is 5.32.